The van der Waals surface area contributed by atoms with Gasteiger partial charge in [-0.3, -0.25) is 19.2 Å². The smallest absolute Gasteiger partial charge is 0.326 e. The van der Waals surface area contributed by atoms with Crippen molar-refractivity contribution in [1.82, 2.24) is 15.5 Å². The molecule has 1 fully saturated rings. The van der Waals surface area contributed by atoms with Gasteiger partial charge in [0.1, 0.15) is 24.2 Å². The van der Waals surface area contributed by atoms with Crippen LogP contribution >= 0.6 is 0 Å². The number of carboxylic acids is 1. The van der Waals surface area contributed by atoms with Gasteiger partial charge in [0.05, 0.1) is 13.0 Å². The molecule has 1 aliphatic heterocycles. The zero-order chi connectivity index (χ0) is 24.5. The molecule has 12 nitrogen and oxygen atoms in total. The van der Waals surface area contributed by atoms with Crippen LogP contribution in [-0.2, 0) is 30.4 Å². The van der Waals surface area contributed by atoms with E-state index in [1.54, 1.807) is 30.3 Å². The molecule has 0 saturated carbocycles. The SMILES string of the molecule is NC(=O)CC(NC(=O)C(Cc1ccccc1)NC(=O)C1CCCN1C(=O)C(N)CO)C(=O)O. The summed E-state index contributed by atoms with van der Waals surface area (Å²) in [5.74, 6) is -4.36. The van der Waals surface area contributed by atoms with Gasteiger partial charge in [0.2, 0.25) is 23.6 Å². The zero-order valence-corrected chi connectivity index (χ0v) is 18.0. The van der Waals surface area contributed by atoms with Gasteiger partial charge in [-0.25, -0.2) is 4.79 Å². The number of hydrogen-bond acceptors (Lipinski definition) is 7. The fourth-order valence-electron chi connectivity index (χ4n) is 3.59. The van der Waals surface area contributed by atoms with Gasteiger partial charge in [-0.15, -0.1) is 0 Å². The number of hydrogen-bond donors (Lipinski definition) is 6. The molecule has 0 radical (unpaired) electrons. The Morgan fingerprint density at radius 3 is 2.33 bits per heavy atom. The highest BCUT2D eigenvalue weighted by Gasteiger charge is 2.38. The minimum Gasteiger partial charge on any atom is -0.480 e. The van der Waals surface area contributed by atoms with Crippen LogP contribution in [-0.4, -0.2) is 82.0 Å². The first-order valence-electron chi connectivity index (χ1n) is 10.5. The van der Waals surface area contributed by atoms with Crippen LogP contribution in [0.5, 0.6) is 0 Å². The third kappa shape index (κ3) is 7.26. The highest BCUT2D eigenvalue weighted by Crippen LogP contribution is 2.19. The molecule has 4 amide bonds. The molecule has 12 heteroatoms. The topological polar surface area (TPSA) is 205 Å². The van der Waals surface area contributed by atoms with Crippen LogP contribution in [0.1, 0.15) is 24.8 Å². The maximum absolute atomic E-state index is 13.0. The van der Waals surface area contributed by atoms with Crippen LogP contribution in [0.15, 0.2) is 30.3 Å². The van der Waals surface area contributed by atoms with E-state index < -0.39 is 66.8 Å². The molecule has 0 aliphatic carbocycles. The van der Waals surface area contributed by atoms with Gasteiger partial charge in [0, 0.05) is 13.0 Å². The number of carbonyl (C=O) groups excluding carboxylic acids is 4. The van der Waals surface area contributed by atoms with Crippen LogP contribution in [0.25, 0.3) is 0 Å². The monoisotopic (exact) mass is 463 g/mol. The standard InChI is InChI=1S/C21H29N5O7/c22-13(11-27)20(31)26-8-4-7-16(26)19(30)24-14(9-12-5-2-1-3-6-12)18(29)25-15(21(32)33)10-17(23)28/h1-3,5-6,13-16,27H,4,7-11,22H2,(H2,23,28)(H,24,30)(H,25,29)(H,32,33). The first kappa shape index (κ1) is 25.7. The lowest BCUT2D eigenvalue weighted by atomic mass is 10.0. The fourth-order valence-corrected chi connectivity index (χ4v) is 3.59. The summed E-state index contributed by atoms with van der Waals surface area (Å²) in [4.78, 5) is 62.1. The summed E-state index contributed by atoms with van der Waals surface area (Å²) < 4.78 is 0. The number of rotatable bonds is 11. The summed E-state index contributed by atoms with van der Waals surface area (Å²) in [7, 11) is 0. The summed E-state index contributed by atoms with van der Waals surface area (Å²) in [5, 5.41) is 23.3. The molecule has 0 aromatic heterocycles. The Balaban J connectivity index is 2.20. The Bertz CT molecular complexity index is 879. The van der Waals surface area contributed by atoms with Gasteiger partial charge in [-0.2, -0.15) is 0 Å². The zero-order valence-electron chi connectivity index (χ0n) is 18.0. The van der Waals surface area contributed by atoms with Gasteiger partial charge in [-0.05, 0) is 18.4 Å². The Labute approximate surface area is 190 Å². The van der Waals surface area contributed by atoms with Gasteiger partial charge >= 0.3 is 5.97 Å². The number of aliphatic carboxylic acids is 1. The Morgan fingerprint density at radius 2 is 1.76 bits per heavy atom. The molecule has 4 atom stereocenters. The first-order valence-corrected chi connectivity index (χ1v) is 10.5. The van der Waals surface area contributed by atoms with Gasteiger partial charge in [0.15, 0.2) is 0 Å². The predicted molar refractivity (Wildman–Crippen MR) is 115 cm³/mol. The summed E-state index contributed by atoms with van der Waals surface area (Å²) in [5.41, 5.74) is 11.4. The summed E-state index contributed by atoms with van der Waals surface area (Å²) in [6.07, 6.45) is 0.307. The van der Waals surface area contributed by atoms with Crippen LogP contribution < -0.4 is 22.1 Å². The van der Waals surface area contributed by atoms with Crippen molar-refractivity contribution in [2.75, 3.05) is 13.2 Å². The van der Waals surface area contributed by atoms with Gasteiger partial charge in [-0.1, -0.05) is 30.3 Å². The van der Waals surface area contributed by atoms with E-state index in [1.807, 2.05) is 0 Å². The van der Waals surface area contributed by atoms with Crippen molar-refractivity contribution in [3.63, 3.8) is 0 Å². The van der Waals surface area contributed by atoms with Crippen molar-refractivity contribution in [2.24, 2.45) is 11.5 Å². The number of carboxylic acid groups (broad SMARTS) is 1. The lowest BCUT2D eigenvalue weighted by Gasteiger charge is -2.28. The second-order valence-corrected chi connectivity index (χ2v) is 7.80. The number of likely N-dealkylation sites (tertiary alicyclic amines) is 1. The fraction of sp³-hybridized carbons (Fsp3) is 0.476. The van der Waals surface area contributed by atoms with E-state index >= 15 is 0 Å². The van der Waals surface area contributed by atoms with Crippen LogP contribution in [0.2, 0.25) is 0 Å². The van der Waals surface area contributed by atoms with Crippen molar-refractivity contribution >= 4 is 29.6 Å². The first-order chi connectivity index (χ1) is 15.6. The van der Waals surface area contributed by atoms with E-state index in [0.29, 0.717) is 18.4 Å². The largest absolute Gasteiger partial charge is 0.480 e. The number of aliphatic hydroxyl groups excluding tert-OH is 1. The molecule has 8 N–H and O–H groups in total. The number of primary amides is 1. The third-order valence-electron chi connectivity index (χ3n) is 5.29. The minimum absolute atomic E-state index is 0.0398. The van der Waals surface area contributed by atoms with E-state index in [-0.39, 0.29) is 13.0 Å². The van der Waals surface area contributed by atoms with Crippen LogP contribution in [0.3, 0.4) is 0 Å². The van der Waals surface area contributed by atoms with Crippen molar-refractivity contribution in [3.8, 4) is 0 Å². The van der Waals surface area contributed by atoms with E-state index in [2.05, 4.69) is 10.6 Å². The molecule has 33 heavy (non-hydrogen) atoms. The Kier molecular flexibility index (Phi) is 9.30. The van der Waals surface area contributed by atoms with Crippen molar-refractivity contribution in [2.45, 2.75) is 49.9 Å². The average molecular weight is 463 g/mol. The number of nitrogens with one attached hydrogen (secondary N) is 2. The predicted octanol–water partition coefficient (Wildman–Crippen LogP) is -2.53. The molecule has 2 rings (SSSR count). The van der Waals surface area contributed by atoms with Crippen LogP contribution in [0.4, 0.5) is 0 Å². The molecule has 0 bridgehead atoms. The van der Waals surface area contributed by atoms with Crippen molar-refractivity contribution in [1.29, 1.82) is 0 Å². The minimum atomic E-state index is -1.56. The molecular weight excluding hydrogens is 434 g/mol. The number of nitrogens with two attached hydrogens (primary N) is 2. The van der Waals surface area contributed by atoms with Crippen molar-refractivity contribution < 1.29 is 34.2 Å². The number of amides is 4. The average Bonchev–Trinajstić information content (AvgIpc) is 3.27. The summed E-state index contributed by atoms with van der Waals surface area (Å²) in [6, 6.07) is 3.94. The molecule has 180 valence electrons. The number of carbonyl (C=O) groups is 5. The highest BCUT2D eigenvalue weighted by atomic mass is 16.4. The molecule has 0 spiro atoms. The van der Waals surface area contributed by atoms with Crippen molar-refractivity contribution in [3.05, 3.63) is 35.9 Å². The number of nitrogens with zero attached hydrogens (tertiary/aromatic N) is 1. The molecule has 4 unspecified atom stereocenters. The quantitative estimate of drug-likeness (QED) is 0.206. The van der Waals surface area contributed by atoms with E-state index in [1.165, 1.54) is 4.90 Å². The highest BCUT2D eigenvalue weighted by molar-refractivity contribution is 5.95. The normalized spacial score (nSPS) is 18.1. The summed E-state index contributed by atoms with van der Waals surface area (Å²) in [6.45, 7) is -0.293. The Hall–Kier alpha value is -3.51. The second-order valence-electron chi connectivity index (χ2n) is 7.80. The molecule has 1 aromatic carbocycles. The lowest BCUT2D eigenvalue weighted by molar-refractivity contribution is -0.144. The van der Waals surface area contributed by atoms with Crippen LogP contribution in [0, 0.1) is 0 Å². The molecule has 1 saturated heterocycles. The Morgan fingerprint density at radius 1 is 1.09 bits per heavy atom. The number of benzene rings is 1. The molecule has 1 aromatic rings. The third-order valence-corrected chi connectivity index (χ3v) is 5.29. The molecular formula is C21H29N5O7. The van der Waals surface area contributed by atoms with Gasteiger partial charge in [0.25, 0.3) is 0 Å². The maximum atomic E-state index is 13.0. The van der Waals surface area contributed by atoms with E-state index in [9.17, 15) is 29.1 Å². The lowest BCUT2D eigenvalue weighted by Crippen LogP contribution is -2.57. The second kappa shape index (κ2) is 11.9. The molecule has 1 aliphatic rings. The van der Waals surface area contributed by atoms with E-state index in [0.717, 1.165) is 0 Å². The molecule has 1 heterocycles. The summed E-state index contributed by atoms with van der Waals surface area (Å²) >= 11 is 0. The van der Waals surface area contributed by atoms with Gasteiger partial charge < -0.3 is 37.2 Å². The van der Waals surface area contributed by atoms with E-state index in [4.69, 9.17) is 16.6 Å². The maximum Gasteiger partial charge on any atom is 0.326 e. The number of aliphatic hydroxyl groups is 1.